The Hall–Kier alpha value is -3.81. The monoisotopic (exact) mass is 348 g/mol. The highest BCUT2D eigenvalue weighted by atomic mass is 16.5. The number of carbonyl (C=O) groups excluding carboxylic acids is 2. The van der Waals surface area contributed by atoms with Crippen LogP contribution in [0, 0.1) is 6.92 Å². The molecule has 0 N–H and O–H groups in total. The fourth-order valence-corrected chi connectivity index (χ4v) is 2.57. The zero-order chi connectivity index (χ0) is 18.1. The number of hydrogen-bond acceptors (Lipinski definition) is 7. The first-order valence-electron chi connectivity index (χ1n) is 7.72. The molecular weight excluding hydrogens is 336 g/mol. The van der Waals surface area contributed by atoms with E-state index in [1.165, 1.54) is 12.3 Å². The number of hydrogen-bond donors (Lipinski definition) is 0. The third-order valence-electron chi connectivity index (χ3n) is 3.88. The molecule has 0 spiro atoms. The summed E-state index contributed by atoms with van der Waals surface area (Å²) in [4.78, 5) is 25.3. The van der Waals surface area contributed by atoms with E-state index in [4.69, 9.17) is 8.94 Å². The molecule has 26 heavy (non-hydrogen) atoms. The predicted molar refractivity (Wildman–Crippen MR) is 88.2 cm³/mol. The molecule has 0 bridgehead atoms. The van der Waals surface area contributed by atoms with Gasteiger partial charge in [-0.25, -0.2) is 4.68 Å². The minimum absolute atomic E-state index is 0.00890. The maximum absolute atomic E-state index is 12.9. The average Bonchev–Trinajstić information content (AvgIpc) is 3.42. The maximum atomic E-state index is 12.9. The Balaban J connectivity index is 1.71. The van der Waals surface area contributed by atoms with Gasteiger partial charge >= 0.3 is 0 Å². The molecule has 3 aromatic heterocycles. The molecule has 0 aliphatic heterocycles. The first-order chi connectivity index (χ1) is 12.7. The Kier molecular flexibility index (Phi) is 3.77. The first kappa shape index (κ1) is 15.7. The van der Waals surface area contributed by atoms with Gasteiger partial charge in [-0.2, -0.15) is 0 Å². The molecule has 0 radical (unpaired) electrons. The van der Waals surface area contributed by atoms with Crippen LogP contribution in [0.15, 0.2) is 63.9 Å². The largest absolute Gasteiger partial charge is 0.461 e. The van der Waals surface area contributed by atoms with Crippen LogP contribution >= 0.6 is 0 Å². The van der Waals surface area contributed by atoms with Crippen molar-refractivity contribution in [3.05, 3.63) is 83.4 Å². The van der Waals surface area contributed by atoms with Gasteiger partial charge in [0, 0.05) is 0 Å². The zero-order valence-electron chi connectivity index (χ0n) is 13.6. The van der Waals surface area contributed by atoms with Crippen LogP contribution in [0.5, 0.6) is 0 Å². The minimum atomic E-state index is -0.541. The number of carbonyl (C=O) groups is 2. The summed E-state index contributed by atoms with van der Waals surface area (Å²) in [6.45, 7) is 1.72. The van der Waals surface area contributed by atoms with E-state index in [1.54, 1.807) is 17.7 Å². The Morgan fingerprint density at radius 2 is 1.81 bits per heavy atom. The quantitative estimate of drug-likeness (QED) is 0.511. The van der Waals surface area contributed by atoms with Crippen LogP contribution in [-0.4, -0.2) is 31.7 Å². The molecular formula is C18H12N4O4. The first-order valence-corrected chi connectivity index (χ1v) is 7.72. The van der Waals surface area contributed by atoms with E-state index in [-0.39, 0.29) is 22.7 Å². The second kappa shape index (κ2) is 6.25. The molecule has 0 saturated heterocycles. The van der Waals surface area contributed by atoms with Gasteiger partial charge in [0.2, 0.25) is 5.78 Å². The predicted octanol–water partition coefficient (Wildman–Crippen LogP) is 2.62. The van der Waals surface area contributed by atoms with Crippen molar-refractivity contribution in [1.82, 2.24) is 20.2 Å². The smallest absolute Gasteiger partial charge is 0.250 e. The number of furan rings is 1. The Labute approximate surface area is 147 Å². The number of ketones is 2. The fraction of sp³-hybridized carbons (Fsp3) is 0.0556. The van der Waals surface area contributed by atoms with Gasteiger partial charge in [-0.15, -0.1) is 5.10 Å². The van der Waals surface area contributed by atoms with Gasteiger partial charge in [0.25, 0.3) is 5.78 Å². The van der Waals surface area contributed by atoms with E-state index in [0.29, 0.717) is 5.69 Å². The van der Waals surface area contributed by atoms with Crippen molar-refractivity contribution < 1.29 is 18.5 Å². The molecule has 0 atom stereocenters. The highest BCUT2D eigenvalue weighted by molar-refractivity contribution is 6.17. The van der Waals surface area contributed by atoms with Gasteiger partial charge < -0.3 is 8.94 Å². The zero-order valence-corrected chi connectivity index (χ0v) is 13.6. The van der Waals surface area contributed by atoms with Crippen LogP contribution in [-0.2, 0) is 0 Å². The van der Waals surface area contributed by atoms with Crippen LogP contribution in [0.2, 0.25) is 0 Å². The highest BCUT2D eigenvalue weighted by Gasteiger charge is 2.28. The van der Waals surface area contributed by atoms with Crippen molar-refractivity contribution in [2.24, 2.45) is 0 Å². The SMILES string of the molecule is Cc1c(C(=O)c2conc2C(=O)c2ccco2)nnn1-c1ccccc1. The Morgan fingerprint density at radius 1 is 1.00 bits per heavy atom. The second-order valence-corrected chi connectivity index (χ2v) is 5.48. The van der Waals surface area contributed by atoms with Crippen molar-refractivity contribution in [1.29, 1.82) is 0 Å². The topological polar surface area (TPSA) is 104 Å². The van der Waals surface area contributed by atoms with Crippen LogP contribution in [0.4, 0.5) is 0 Å². The number of benzene rings is 1. The van der Waals surface area contributed by atoms with Gasteiger partial charge in [0.15, 0.2) is 17.1 Å². The maximum Gasteiger partial charge on any atom is 0.250 e. The molecule has 8 nitrogen and oxygen atoms in total. The normalized spacial score (nSPS) is 10.8. The molecule has 4 aromatic rings. The van der Waals surface area contributed by atoms with E-state index < -0.39 is 11.6 Å². The molecule has 128 valence electrons. The fourth-order valence-electron chi connectivity index (χ4n) is 2.57. The molecule has 0 saturated carbocycles. The lowest BCUT2D eigenvalue weighted by Crippen LogP contribution is -2.11. The van der Waals surface area contributed by atoms with E-state index in [0.717, 1.165) is 12.0 Å². The summed E-state index contributed by atoms with van der Waals surface area (Å²) in [5, 5.41) is 11.7. The molecule has 0 amide bonds. The van der Waals surface area contributed by atoms with Gasteiger partial charge in [-0.3, -0.25) is 9.59 Å². The third kappa shape index (κ3) is 2.53. The highest BCUT2D eigenvalue weighted by Crippen LogP contribution is 2.19. The van der Waals surface area contributed by atoms with Crippen LogP contribution in [0.25, 0.3) is 5.69 Å². The van der Waals surface area contributed by atoms with Crippen molar-refractivity contribution in [3.8, 4) is 5.69 Å². The van der Waals surface area contributed by atoms with Gasteiger partial charge in [-0.1, -0.05) is 28.6 Å². The second-order valence-electron chi connectivity index (χ2n) is 5.48. The standard InChI is InChI=1S/C18H12N4O4/c1-11-15(19-21-22(11)12-6-3-2-4-7-12)17(23)13-10-26-20-16(13)18(24)14-8-5-9-25-14/h2-10H,1H3. The Morgan fingerprint density at radius 3 is 2.54 bits per heavy atom. The van der Waals surface area contributed by atoms with Gasteiger partial charge in [-0.05, 0) is 31.2 Å². The molecule has 8 heteroatoms. The molecule has 0 aliphatic carbocycles. The lowest BCUT2D eigenvalue weighted by Gasteiger charge is -2.02. The third-order valence-corrected chi connectivity index (χ3v) is 3.88. The number of rotatable bonds is 5. The average molecular weight is 348 g/mol. The van der Waals surface area contributed by atoms with Gasteiger partial charge in [0.1, 0.15) is 6.26 Å². The molecule has 0 aliphatic rings. The lowest BCUT2D eigenvalue weighted by atomic mass is 10.0. The minimum Gasteiger partial charge on any atom is -0.461 e. The van der Waals surface area contributed by atoms with E-state index in [9.17, 15) is 9.59 Å². The van der Waals surface area contributed by atoms with Crippen molar-refractivity contribution in [2.45, 2.75) is 6.92 Å². The van der Waals surface area contributed by atoms with E-state index >= 15 is 0 Å². The molecule has 3 heterocycles. The number of nitrogens with zero attached hydrogens (tertiary/aromatic N) is 4. The van der Waals surface area contributed by atoms with E-state index in [2.05, 4.69) is 15.5 Å². The van der Waals surface area contributed by atoms with Gasteiger partial charge in [0.05, 0.1) is 23.2 Å². The summed E-state index contributed by atoms with van der Waals surface area (Å²) in [7, 11) is 0. The lowest BCUT2D eigenvalue weighted by molar-refractivity contribution is 0.0982. The molecule has 1 aromatic carbocycles. The van der Waals surface area contributed by atoms with Crippen LogP contribution in [0.1, 0.15) is 38.0 Å². The summed E-state index contributed by atoms with van der Waals surface area (Å²) in [5.41, 5.74) is 1.31. The van der Waals surface area contributed by atoms with Crippen molar-refractivity contribution in [2.75, 3.05) is 0 Å². The van der Waals surface area contributed by atoms with Crippen molar-refractivity contribution >= 4 is 11.6 Å². The van der Waals surface area contributed by atoms with Crippen LogP contribution in [0.3, 0.4) is 0 Å². The summed E-state index contributed by atoms with van der Waals surface area (Å²) in [5.74, 6) is -0.973. The Bertz CT molecular complexity index is 1080. The summed E-state index contributed by atoms with van der Waals surface area (Å²) < 4.78 is 11.5. The van der Waals surface area contributed by atoms with Crippen molar-refractivity contribution in [3.63, 3.8) is 0 Å². The molecule has 0 fully saturated rings. The molecule has 0 unspecified atom stereocenters. The van der Waals surface area contributed by atoms with Crippen LogP contribution < -0.4 is 0 Å². The number of aromatic nitrogens is 4. The summed E-state index contributed by atoms with van der Waals surface area (Å²) >= 11 is 0. The number of para-hydroxylation sites is 1. The summed E-state index contributed by atoms with van der Waals surface area (Å²) in [6.07, 6.45) is 2.49. The van der Waals surface area contributed by atoms with E-state index in [1.807, 2.05) is 30.3 Å². The molecule has 4 rings (SSSR count). The summed E-state index contributed by atoms with van der Waals surface area (Å²) in [6, 6.07) is 12.4.